The molecule has 0 aliphatic heterocycles. The van der Waals surface area contributed by atoms with Crippen LogP contribution in [0.15, 0.2) is 33.0 Å². The summed E-state index contributed by atoms with van der Waals surface area (Å²) in [6.45, 7) is 7.93. The summed E-state index contributed by atoms with van der Waals surface area (Å²) in [6, 6.07) is 0. The first-order valence-electron chi connectivity index (χ1n) is 9.63. The quantitative estimate of drug-likeness (QED) is 0.456. The Morgan fingerprint density at radius 3 is 2.69 bits per heavy atom. The van der Waals surface area contributed by atoms with Gasteiger partial charge in [-0.3, -0.25) is 9.59 Å². The van der Waals surface area contributed by atoms with Crippen LogP contribution in [-0.4, -0.2) is 22.3 Å². The van der Waals surface area contributed by atoms with E-state index in [1.54, 1.807) is 6.92 Å². The van der Waals surface area contributed by atoms with Gasteiger partial charge in [0.1, 0.15) is 5.60 Å². The Hall–Kier alpha value is -0.750. The van der Waals surface area contributed by atoms with Gasteiger partial charge in [-0.05, 0) is 86.0 Å². The van der Waals surface area contributed by atoms with Gasteiger partial charge in [0, 0.05) is 10.8 Å². The molecule has 2 saturated carbocycles. The molecule has 0 aromatic carbocycles. The molecule has 140 valence electrons. The van der Waals surface area contributed by atoms with Crippen molar-refractivity contribution in [2.75, 3.05) is 0 Å². The van der Waals surface area contributed by atoms with E-state index in [0.717, 1.165) is 29.3 Å². The molecule has 0 aromatic rings. The van der Waals surface area contributed by atoms with Gasteiger partial charge in [0.15, 0.2) is 11.6 Å². The zero-order chi connectivity index (χ0) is 19.1. The molecule has 2 fully saturated rings. The minimum absolute atomic E-state index is 0.0175. The lowest BCUT2D eigenvalue weighted by atomic mass is 9.51. The molecule has 1 N–H and O–H groups in total. The Bertz CT molecular complexity index is 806. The number of Topliss-reactive ketones (excluding diaryl/α,β-unsaturated/α-hetero) is 1. The van der Waals surface area contributed by atoms with Crippen molar-refractivity contribution in [3.63, 3.8) is 0 Å². The van der Waals surface area contributed by atoms with Crippen molar-refractivity contribution in [1.82, 2.24) is 0 Å². The number of allylic oxidation sites excluding steroid dienone is 6. The lowest BCUT2D eigenvalue weighted by Gasteiger charge is -2.53. The fourth-order valence-electron chi connectivity index (χ4n) is 6.67. The topological polar surface area (TPSA) is 54.4 Å². The molecule has 6 atom stereocenters. The van der Waals surface area contributed by atoms with Gasteiger partial charge >= 0.3 is 0 Å². The molecule has 0 heterocycles. The number of carbonyl (C=O) groups is 2. The average Bonchev–Trinajstić information content (AvgIpc) is 2.78. The molecule has 0 radical (unpaired) electrons. The SMILES string of the molecule is CC(=O)[C@@]1(O)[C@H](C)C[C@H]2[C@@H]3CCC4=CC(=O)C(I)=C[C@]4(C)C3=CC[C@@]21C. The highest BCUT2D eigenvalue weighted by Crippen LogP contribution is 2.66. The molecule has 0 spiro atoms. The van der Waals surface area contributed by atoms with Crippen LogP contribution < -0.4 is 0 Å². The molecule has 0 saturated heterocycles. The average molecular weight is 466 g/mol. The fraction of sp³-hybridized carbons (Fsp3) is 0.636. The molecule has 0 bridgehead atoms. The summed E-state index contributed by atoms with van der Waals surface area (Å²) in [5.74, 6) is 0.704. The monoisotopic (exact) mass is 466 g/mol. The van der Waals surface area contributed by atoms with E-state index in [1.807, 2.05) is 13.0 Å². The van der Waals surface area contributed by atoms with Crippen LogP contribution in [0.1, 0.15) is 53.4 Å². The number of ketones is 2. The van der Waals surface area contributed by atoms with E-state index in [2.05, 4.69) is 48.6 Å². The molecule has 0 aromatic heterocycles. The van der Waals surface area contributed by atoms with Crippen LogP contribution in [0, 0.1) is 28.6 Å². The second kappa shape index (κ2) is 5.63. The van der Waals surface area contributed by atoms with Gasteiger partial charge in [-0.25, -0.2) is 0 Å². The van der Waals surface area contributed by atoms with E-state index in [9.17, 15) is 14.7 Å². The van der Waals surface area contributed by atoms with Gasteiger partial charge in [0.2, 0.25) is 0 Å². The number of rotatable bonds is 1. The van der Waals surface area contributed by atoms with Crippen LogP contribution in [0.2, 0.25) is 0 Å². The van der Waals surface area contributed by atoms with Crippen LogP contribution in [0.5, 0.6) is 0 Å². The van der Waals surface area contributed by atoms with Crippen molar-refractivity contribution < 1.29 is 14.7 Å². The zero-order valence-electron chi connectivity index (χ0n) is 15.9. The van der Waals surface area contributed by atoms with Crippen molar-refractivity contribution in [3.8, 4) is 0 Å². The minimum Gasteiger partial charge on any atom is -0.381 e. The van der Waals surface area contributed by atoms with Crippen LogP contribution in [0.25, 0.3) is 0 Å². The molecule has 0 amide bonds. The molecule has 26 heavy (non-hydrogen) atoms. The molecule has 4 aliphatic rings. The second-order valence-corrected chi connectivity index (χ2v) is 10.4. The summed E-state index contributed by atoms with van der Waals surface area (Å²) in [6.07, 6.45) is 9.82. The number of halogens is 1. The molecule has 4 aliphatic carbocycles. The Kier molecular flexibility index (Phi) is 4.03. The third kappa shape index (κ3) is 2.09. The first-order valence-corrected chi connectivity index (χ1v) is 10.7. The predicted molar refractivity (Wildman–Crippen MR) is 110 cm³/mol. The molecule has 0 unspecified atom stereocenters. The Labute approximate surface area is 169 Å². The molecular weight excluding hydrogens is 439 g/mol. The number of hydrogen-bond donors (Lipinski definition) is 1. The van der Waals surface area contributed by atoms with Crippen molar-refractivity contribution in [2.45, 2.75) is 59.0 Å². The fourth-order valence-corrected chi connectivity index (χ4v) is 7.45. The molecule has 4 rings (SSSR count). The normalized spacial score (nSPS) is 47.2. The number of carbonyl (C=O) groups excluding carboxylic acids is 2. The zero-order valence-corrected chi connectivity index (χ0v) is 18.1. The van der Waals surface area contributed by atoms with Crippen molar-refractivity contribution in [3.05, 3.63) is 33.0 Å². The largest absolute Gasteiger partial charge is 0.381 e. The third-order valence-corrected chi connectivity index (χ3v) is 8.97. The highest BCUT2D eigenvalue weighted by molar-refractivity contribution is 14.1. The maximum absolute atomic E-state index is 12.4. The number of aliphatic hydroxyl groups is 1. The van der Waals surface area contributed by atoms with E-state index in [0.29, 0.717) is 11.8 Å². The van der Waals surface area contributed by atoms with Gasteiger partial charge in [-0.15, -0.1) is 0 Å². The van der Waals surface area contributed by atoms with Gasteiger partial charge in [-0.1, -0.05) is 37.1 Å². The van der Waals surface area contributed by atoms with Crippen molar-refractivity contribution >= 4 is 34.2 Å². The van der Waals surface area contributed by atoms with Crippen LogP contribution >= 0.6 is 22.6 Å². The van der Waals surface area contributed by atoms with E-state index in [4.69, 9.17) is 0 Å². The van der Waals surface area contributed by atoms with Crippen LogP contribution in [0.4, 0.5) is 0 Å². The smallest absolute Gasteiger partial charge is 0.191 e. The molecule has 4 heteroatoms. The summed E-state index contributed by atoms with van der Waals surface area (Å²) in [7, 11) is 0. The number of fused-ring (bicyclic) bond motifs is 5. The maximum atomic E-state index is 12.4. The van der Waals surface area contributed by atoms with Gasteiger partial charge < -0.3 is 5.11 Å². The summed E-state index contributed by atoms with van der Waals surface area (Å²) in [5.41, 5.74) is 0.810. The predicted octanol–water partition coefficient (Wildman–Crippen LogP) is 4.54. The lowest BCUT2D eigenvalue weighted by molar-refractivity contribution is -0.156. The summed E-state index contributed by atoms with van der Waals surface area (Å²) < 4.78 is 0.795. The van der Waals surface area contributed by atoms with Crippen molar-refractivity contribution in [2.24, 2.45) is 28.6 Å². The third-order valence-electron chi connectivity index (χ3n) is 8.13. The van der Waals surface area contributed by atoms with E-state index in [-0.39, 0.29) is 22.9 Å². The first-order chi connectivity index (χ1) is 12.1. The summed E-state index contributed by atoms with van der Waals surface area (Å²) in [5, 5.41) is 11.4. The van der Waals surface area contributed by atoms with E-state index in [1.165, 1.54) is 11.1 Å². The molecule has 3 nitrogen and oxygen atoms in total. The second-order valence-electron chi connectivity index (χ2n) is 9.22. The summed E-state index contributed by atoms with van der Waals surface area (Å²) in [4.78, 5) is 24.6. The highest BCUT2D eigenvalue weighted by atomic mass is 127. The Balaban J connectivity index is 1.82. The van der Waals surface area contributed by atoms with Crippen LogP contribution in [0.3, 0.4) is 0 Å². The standard InChI is InChI=1S/C22H27IO3/c1-12-9-17-15-6-5-14-10-19(25)18(23)11-20(14,3)16(15)7-8-21(17,4)22(12,26)13(2)24/h7,10-12,15,17,26H,5-6,8-9H2,1-4H3/t12-,15-,17+,20+,21+,22+/m1/s1. The first kappa shape index (κ1) is 18.6. The lowest BCUT2D eigenvalue weighted by Crippen LogP contribution is -2.55. The molecular formula is C22H27IO3. The van der Waals surface area contributed by atoms with E-state index >= 15 is 0 Å². The minimum atomic E-state index is -1.23. The van der Waals surface area contributed by atoms with Crippen LogP contribution in [-0.2, 0) is 9.59 Å². The Morgan fingerprint density at radius 2 is 2.04 bits per heavy atom. The van der Waals surface area contributed by atoms with Gasteiger partial charge in [-0.2, -0.15) is 0 Å². The van der Waals surface area contributed by atoms with Gasteiger partial charge in [0.25, 0.3) is 0 Å². The summed E-state index contributed by atoms with van der Waals surface area (Å²) >= 11 is 2.15. The maximum Gasteiger partial charge on any atom is 0.191 e. The number of hydrogen-bond acceptors (Lipinski definition) is 3. The van der Waals surface area contributed by atoms with Gasteiger partial charge in [0.05, 0.1) is 3.58 Å². The van der Waals surface area contributed by atoms with Crippen molar-refractivity contribution in [1.29, 1.82) is 0 Å². The highest BCUT2D eigenvalue weighted by Gasteiger charge is 2.66. The Morgan fingerprint density at radius 1 is 1.35 bits per heavy atom. The van der Waals surface area contributed by atoms with E-state index < -0.39 is 11.0 Å².